The van der Waals surface area contributed by atoms with Gasteiger partial charge in [0.25, 0.3) is 0 Å². The van der Waals surface area contributed by atoms with Gasteiger partial charge in [-0.1, -0.05) is 35.2 Å². The van der Waals surface area contributed by atoms with Crippen LogP contribution in [-0.4, -0.2) is 23.2 Å². The second kappa shape index (κ2) is 8.46. The van der Waals surface area contributed by atoms with Crippen LogP contribution >= 0.6 is 23.1 Å². The van der Waals surface area contributed by atoms with E-state index in [-0.39, 0.29) is 5.91 Å². The van der Waals surface area contributed by atoms with Crippen LogP contribution in [0.1, 0.15) is 5.56 Å². The molecule has 126 valence electrons. The number of benzene rings is 2. The first kappa shape index (κ1) is 17.2. The molecule has 0 aliphatic rings. The Balaban J connectivity index is 1.57. The Kier molecular flexibility index (Phi) is 5.81. The summed E-state index contributed by atoms with van der Waals surface area (Å²) in [6.07, 6.45) is 3.25. The van der Waals surface area contributed by atoms with Crippen molar-refractivity contribution in [2.75, 3.05) is 12.4 Å². The van der Waals surface area contributed by atoms with E-state index in [1.165, 1.54) is 29.2 Å². The Morgan fingerprint density at radius 2 is 2.08 bits per heavy atom. The predicted octanol–water partition coefficient (Wildman–Crippen LogP) is 4.35. The van der Waals surface area contributed by atoms with Gasteiger partial charge in [0.1, 0.15) is 11.3 Å². The van der Waals surface area contributed by atoms with E-state index in [1.807, 2.05) is 48.5 Å². The summed E-state index contributed by atoms with van der Waals surface area (Å²) in [4.78, 5) is 13.1. The standard InChI is InChI=1S/C18H15N3O2S2/c1-23-15-4-2-3-13(11-15)5-10-17(22)20-14-6-8-16(9-7-14)25-18-21-19-12-24-18/h2-12H,1H3,(H,20,22)/b10-5+. The van der Waals surface area contributed by atoms with Crippen molar-refractivity contribution in [1.29, 1.82) is 0 Å². The summed E-state index contributed by atoms with van der Waals surface area (Å²) in [6, 6.07) is 15.1. The maximum Gasteiger partial charge on any atom is 0.248 e. The fourth-order valence-corrected chi connectivity index (χ4v) is 3.47. The van der Waals surface area contributed by atoms with Gasteiger partial charge in [-0.2, -0.15) is 0 Å². The van der Waals surface area contributed by atoms with E-state index in [1.54, 1.807) is 18.7 Å². The lowest BCUT2D eigenvalue weighted by molar-refractivity contribution is -0.111. The van der Waals surface area contributed by atoms with Crippen LogP contribution < -0.4 is 10.1 Å². The van der Waals surface area contributed by atoms with E-state index in [0.29, 0.717) is 0 Å². The van der Waals surface area contributed by atoms with Gasteiger partial charge in [0, 0.05) is 16.7 Å². The zero-order valence-corrected chi connectivity index (χ0v) is 15.0. The van der Waals surface area contributed by atoms with E-state index >= 15 is 0 Å². The molecule has 0 aliphatic carbocycles. The highest BCUT2D eigenvalue weighted by atomic mass is 32.2. The first-order valence-corrected chi connectivity index (χ1v) is 9.10. The molecule has 7 heteroatoms. The third-order valence-electron chi connectivity index (χ3n) is 3.19. The van der Waals surface area contributed by atoms with Gasteiger partial charge >= 0.3 is 0 Å². The number of hydrogen-bond acceptors (Lipinski definition) is 6. The van der Waals surface area contributed by atoms with Crippen molar-refractivity contribution in [2.24, 2.45) is 0 Å². The number of hydrogen-bond donors (Lipinski definition) is 1. The molecule has 0 spiro atoms. The van der Waals surface area contributed by atoms with E-state index < -0.39 is 0 Å². The molecule has 1 N–H and O–H groups in total. The lowest BCUT2D eigenvalue weighted by atomic mass is 10.2. The number of ether oxygens (including phenoxy) is 1. The molecule has 3 rings (SSSR count). The van der Waals surface area contributed by atoms with Gasteiger partial charge in [-0.15, -0.1) is 10.2 Å². The minimum atomic E-state index is -0.188. The molecule has 2 aromatic carbocycles. The molecular formula is C18H15N3O2S2. The van der Waals surface area contributed by atoms with Gasteiger partial charge in [0.2, 0.25) is 5.91 Å². The molecule has 0 aliphatic heterocycles. The number of anilines is 1. The van der Waals surface area contributed by atoms with Gasteiger partial charge in [-0.05, 0) is 48.0 Å². The molecule has 0 bridgehead atoms. The van der Waals surface area contributed by atoms with Gasteiger partial charge < -0.3 is 10.1 Å². The van der Waals surface area contributed by atoms with Crippen LogP contribution in [0.25, 0.3) is 6.08 Å². The average Bonchev–Trinajstić information content (AvgIpc) is 3.15. The zero-order valence-electron chi connectivity index (χ0n) is 13.4. The molecule has 0 radical (unpaired) electrons. The van der Waals surface area contributed by atoms with Crippen molar-refractivity contribution >= 4 is 40.8 Å². The summed E-state index contributed by atoms with van der Waals surface area (Å²) < 4.78 is 6.05. The van der Waals surface area contributed by atoms with E-state index in [0.717, 1.165) is 26.2 Å². The van der Waals surface area contributed by atoms with Crippen molar-refractivity contribution in [2.45, 2.75) is 9.24 Å². The first-order valence-electron chi connectivity index (χ1n) is 7.40. The van der Waals surface area contributed by atoms with Gasteiger partial charge in [0.05, 0.1) is 7.11 Å². The summed E-state index contributed by atoms with van der Waals surface area (Å²) >= 11 is 3.03. The number of carbonyl (C=O) groups excluding carboxylic acids is 1. The molecule has 5 nitrogen and oxygen atoms in total. The van der Waals surface area contributed by atoms with E-state index in [2.05, 4.69) is 15.5 Å². The number of rotatable bonds is 6. The molecule has 0 unspecified atom stereocenters. The molecule has 3 aromatic rings. The summed E-state index contributed by atoms with van der Waals surface area (Å²) in [6.45, 7) is 0. The van der Waals surface area contributed by atoms with Crippen LogP contribution in [0.5, 0.6) is 5.75 Å². The summed E-state index contributed by atoms with van der Waals surface area (Å²) in [5.74, 6) is 0.568. The van der Waals surface area contributed by atoms with Crippen molar-refractivity contribution in [3.63, 3.8) is 0 Å². The average molecular weight is 369 g/mol. The second-order valence-corrected chi connectivity index (χ2v) is 7.08. The van der Waals surface area contributed by atoms with Gasteiger partial charge in [-0.3, -0.25) is 4.79 Å². The summed E-state index contributed by atoms with van der Waals surface area (Å²) in [5, 5.41) is 10.6. The lowest BCUT2D eigenvalue weighted by Gasteiger charge is -2.04. The Bertz CT molecular complexity index is 862. The van der Waals surface area contributed by atoms with E-state index in [9.17, 15) is 4.79 Å². The number of nitrogens with zero attached hydrogens (tertiary/aromatic N) is 2. The quantitative estimate of drug-likeness (QED) is 0.655. The smallest absolute Gasteiger partial charge is 0.248 e. The SMILES string of the molecule is COc1cccc(/C=C/C(=O)Nc2ccc(Sc3nncs3)cc2)c1. The molecule has 1 amide bonds. The van der Waals surface area contributed by atoms with Gasteiger partial charge in [-0.25, -0.2) is 0 Å². The normalized spacial score (nSPS) is 10.8. The summed E-state index contributed by atoms with van der Waals surface area (Å²) in [5.41, 5.74) is 3.34. The highest BCUT2D eigenvalue weighted by Gasteiger charge is 2.02. The van der Waals surface area contributed by atoms with Crippen LogP contribution in [0, 0.1) is 0 Å². The largest absolute Gasteiger partial charge is 0.497 e. The number of carbonyl (C=O) groups is 1. The van der Waals surface area contributed by atoms with Crippen LogP contribution in [0.3, 0.4) is 0 Å². The fourth-order valence-electron chi connectivity index (χ4n) is 2.02. The topological polar surface area (TPSA) is 64.1 Å². The minimum Gasteiger partial charge on any atom is -0.497 e. The van der Waals surface area contributed by atoms with Crippen LogP contribution in [-0.2, 0) is 4.79 Å². The first-order chi connectivity index (χ1) is 12.2. The lowest BCUT2D eigenvalue weighted by Crippen LogP contribution is -2.07. The number of aromatic nitrogens is 2. The molecule has 25 heavy (non-hydrogen) atoms. The molecule has 0 atom stereocenters. The van der Waals surface area contributed by atoms with Crippen molar-refractivity contribution in [1.82, 2.24) is 10.2 Å². The maximum absolute atomic E-state index is 12.0. The third-order valence-corrected chi connectivity index (χ3v) is 4.97. The molecule has 0 saturated heterocycles. The highest BCUT2D eigenvalue weighted by Crippen LogP contribution is 2.29. The maximum atomic E-state index is 12.0. The Morgan fingerprint density at radius 3 is 2.80 bits per heavy atom. The number of amides is 1. The minimum absolute atomic E-state index is 0.188. The molecular weight excluding hydrogens is 354 g/mol. The fraction of sp³-hybridized carbons (Fsp3) is 0.0556. The third kappa shape index (κ3) is 5.17. The van der Waals surface area contributed by atoms with Crippen molar-refractivity contribution in [3.8, 4) is 5.75 Å². The van der Waals surface area contributed by atoms with Gasteiger partial charge in [0.15, 0.2) is 4.34 Å². The molecule has 0 saturated carbocycles. The molecule has 1 aromatic heterocycles. The number of methoxy groups -OCH3 is 1. The number of nitrogens with one attached hydrogen (secondary N) is 1. The Morgan fingerprint density at radius 1 is 1.24 bits per heavy atom. The zero-order chi connectivity index (χ0) is 17.5. The molecule has 0 fully saturated rings. The molecule has 1 heterocycles. The second-order valence-electron chi connectivity index (χ2n) is 4.93. The Labute approximate surface area is 153 Å². The Hall–Kier alpha value is -2.64. The predicted molar refractivity (Wildman–Crippen MR) is 101 cm³/mol. The van der Waals surface area contributed by atoms with Crippen LogP contribution in [0.2, 0.25) is 0 Å². The van der Waals surface area contributed by atoms with Crippen LogP contribution in [0.15, 0.2) is 69.4 Å². The van der Waals surface area contributed by atoms with Crippen LogP contribution in [0.4, 0.5) is 5.69 Å². The monoisotopic (exact) mass is 369 g/mol. The highest BCUT2D eigenvalue weighted by molar-refractivity contribution is 8.01. The van der Waals surface area contributed by atoms with E-state index in [4.69, 9.17) is 4.74 Å². The van der Waals surface area contributed by atoms with Crippen molar-refractivity contribution in [3.05, 3.63) is 65.7 Å². The summed E-state index contributed by atoms with van der Waals surface area (Å²) in [7, 11) is 1.61. The van der Waals surface area contributed by atoms with Crippen molar-refractivity contribution < 1.29 is 9.53 Å².